The maximum absolute atomic E-state index is 5.83. The third kappa shape index (κ3) is 3.13. The Morgan fingerprint density at radius 2 is 1.93 bits per heavy atom. The second-order valence-corrected chi connectivity index (χ2v) is 3.86. The maximum atomic E-state index is 5.83. The Bertz CT molecular complexity index is 337. The number of anilines is 1. The molecule has 0 bridgehead atoms. The van der Waals surface area contributed by atoms with Crippen molar-refractivity contribution in [3.63, 3.8) is 0 Å². The highest BCUT2D eigenvalue weighted by Crippen LogP contribution is 2.25. The molecule has 0 spiro atoms. The van der Waals surface area contributed by atoms with E-state index in [1.54, 1.807) is 7.11 Å². The number of hydrogen-bond donors (Lipinski definition) is 1. The van der Waals surface area contributed by atoms with Crippen LogP contribution in [0.25, 0.3) is 0 Å². The van der Waals surface area contributed by atoms with Crippen molar-refractivity contribution >= 4 is 5.69 Å². The lowest BCUT2D eigenvalue weighted by atomic mass is 10.1. The first-order valence-corrected chi connectivity index (χ1v) is 5.07. The van der Waals surface area contributed by atoms with Crippen molar-refractivity contribution in [3.05, 3.63) is 23.3 Å². The minimum atomic E-state index is 0.0378. The van der Waals surface area contributed by atoms with E-state index in [0.29, 0.717) is 6.61 Å². The number of aryl methyl sites for hydroxylation is 2. The summed E-state index contributed by atoms with van der Waals surface area (Å²) < 4.78 is 10.7. The minimum absolute atomic E-state index is 0.0378. The van der Waals surface area contributed by atoms with Crippen LogP contribution in [0.2, 0.25) is 0 Å². The molecule has 0 radical (unpaired) electrons. The maximum Gasteiger partial charge on any atom is 0.124 e. The molecule has 0 aliphatic heterocycles. The lowest BCUT2D eigenvalue weighted by Gasteiger charge is -2.16. The van der Waals surface area contributed by atoms with Gasteiger partial charge in [0.15, 0.2) is 0 Å². The van der Waals surface area contributed by atoms with Crippen LogP contribution < -0.4 is 10.5 Å². The standard InChI is InChI=1S/C12H19NO2/c1-8-5-9(2)12(6-11(8)13)15-10(3)7-14-4/h5-6,10H,7,13H2,1-4H3. The van der Waals surface area contributed by atoms with Crippen LogP contribution in [-0.2, 0) is 4.74 Å². The third-order valence-electron chi connectivity index (χ3n) is 2.29. The fraction of sp³-hybridized carbons (Fsp3) is 0.500. The highest BCUT2D eigenvalue weighted by molar-refractivity contribution is 5.54. The van der Waals surface area contributed by atoms with E-state index in [1.807, 2.05) is 32.9 Å². The predicted octanol–water partition coefficient (Wildman–Crippen LogP) is 2.30. The van der Waals surface area contributed by atoms with Crippen molar-refractivity contribution in [3.8, 4) is 5.75 Å². The Labute approximate surface area is 91.2 Å². The Hall–Kier alpha value is -1.22. The fourth-order valence-corrected chi connectivity index (χ4v) is 1.46. The molecule has 0 fully saturated rings. The van der Waals surface area contributed by atoms with E-state index in [9.17, 15) is 0 Å². The van der Waals surface area contributed by atoms with Gasteiger partial charge in [0.1, 0.15) is 11.9 Å². The smallest absolute Gasteiger partial charge is 0.124 e. The van der Waals surface area contributed by atoms with Gasteiger partial charge < -0.3 is 15.2 Å². The summed E-state index contributed by atoms with van der Waals surface area (Å²) in [4.78, 5) is 0. The van der Waals surface area contributed by atoms with Crippen molar-refractivity contribution in [1.82, 2.24) is 0 Å². The largest absolute Gasteiger partial charge is 0.488 e. The summed E-state index contributed by atoms with van der Waals surface area (Å²) in [5.74, 6) is 0.836. The topological polar surface area (TPSA) is 44.5 Å². The van der Waals surface area contributed by atoms with Gasteiger partial charge in [-0.05, 0) is 31.9 Å². The van der Waals surface area contributed by atoms with Crippen LogP contribution in [0.1, 0.15) is 18.1 Å². The lowest BCUT2D eigenvalue weighted by Crippen LogP contribution is -2.18. The second-order valence-electron chi connectivity index (χ2n) is 3.86. The highest BCUT2D eigenvalue weighted by Gasteiger charge is 2.07. The zero-order valence-electron chi connectivity index (χ0n) is 9.83. The number of ether oxygens (including phenoxy) is 2. The summed E-state index contributed by atoms with van der Waals surface area (Å²) in [6.45, 7) is 6.55. The Morgan fingerprint density at radius 1 is 1.27 bits per heavy atom. The first kappa shape index (κ1) is 11.9. The molecule has 15 heavy (non-hydrogen) atoms. The van der Waals surface area contributed by atoms with Gasteiger partial charge in [0.05, 0.1) is 6.61 Å². The van der Waals surface area contributed by atoms with Crippen LogP contribution in [-0.4, -0.2) is 19.8 Å². The van der Waals surface area contributed by atoms with E-state index in [-0.39, 0.29) is 6.10 Å². The molecule has 2 N–H and O–H groups in total. The van der Waals surface area contributed by atoms with Crippen LogP contribution in [0.4, 0.5) is 5.69 Å². The highest BCUT2D eigenvalue weighted by atomic mass is 16.5. The van der Waals surface area contributed by atoms with Gasteiger partial charge in [0.25, 0.3) is 0 Å². The van der Waals surface area contributed by atoms with Gasteiger partial charge >= 0.3 is 0 Å². The van der Waals surface area contributed by atoms with E-state index >= 15 is 0 Å². The van der Waals surface area contributed by atoms with Crippen LogP contribution in [0.3, 0.4) is 0 Å². The number of rotatable bonds is 4. The summed E-state index contributed by atoms with van der Waals surface area (Å²) >= 11 is 0. The van der Waals surface area contributed by atoms with Crippen LogP contribution in [0.5, 0.6) is 5.75 Å². The summed E-state index contributed by atoms with van der Waals surface area (Å²) in [6.07, 6.45) is 0.0378. The Morgan fingerprint density at radius 3 is 2.53 bits per heavy atom. The Balaban J connectivity index is 2.81. The zero-order chi connectivity index (χ0) is 11.4. The van der Waals surface area contributed by atoms with Crippen LogP contribution in [0, 0.1) is 13.8 Å². The molecule has 3 nitrogen and oxygen atoms in total. The molecule has 1 rings (SSSR count). The summed E-state index contributed by atoms with van der Waals surface area (Å²) in [7, 11) is 1.66. The lowest BCUT2D eigenvalue weighted by molar-refractivity contribution is 0.0916. The van der Waals surface area contributed by atoms with Crippen LogP contribution >= 0.6 is 0 Å². The molecule has 1 aromatic carbocycles. The van der Waals surface area contributed by atoms with E-state index < -0.39 is 0 Å². The van der Waals surface area contributed by atoms with Crippen molar-refractivity contribution in [2.75, 3.05) is 19.5 Å². The third-order valence-corrected chi connectivity index (χ3v) is 2.29. The zero-order valence-corrected chi connectivity index (χ0v) is 9.83. The predicted molar refractivity (Wildman–Crippen MR) is 62.3 cm³/mol. The van der Waals surface area contributed by atoms with Crippen molar-refractivity contribution in [2.24, 2.45) is 0 Å². The molecule has 0 aromatic heterocycles. The molecule has 0 amide bonds. The molecule has 0 aliphatic rings. The summed E-state index contributed by atoms with van der Waals surface area (Å²) in [6, 6.07) is 3.90. The van der Waals surface area contributed by atoms with Gasteiger partial charge in [0, 0.05) is 18.9 Å². The fourth-order valence-electron chi connectivity index (χ4n) is 1.46. The molecule has 3 heteroatoms. The van der Waals surface area contributed by atoms with Crippen molar-refractivity contribution in [2.45, 2.75) is 26.9 Å². The molecule has 84 valence electrons. The molecular formula is C12H19NO2. The number of nitrogens with two attached hydrogens (primary N) is 1. The summed E-state index contributed by atoms with van der Waals surface area (Å²) in [5.41, 5.74) is 8.78. The van der Waals surface area contributed by atoms with Crippen molar-refractivity contribution < 1.29 is 9.47 Å². The average molecular weight is 209 g/mol. The Kier molecular flexibility index (Phi) is 3.97. The monoisotopic (exact) mass is 209 g/mol. The van der Waals surface area contributed by atoms with Gasteiger partial charge in [-0.3, -0.25) is 0 Å². The quantitative estimate of drug-likeness (QED) is 0.774. The van der Waals surface area contributed by atoms with Gasteiger partial charge in [-0.15, -0.1) is 0 Å². The molecule has 0 heterocycles. The average Bonchev–Trinajstić information content (AvgIpc) is 2.14. The van der Waals surface area contributed by atoms with Gasteiger partial charge in [-0.1, -0.05) is 6.07 Å². The second kappa shape index (κ2) is 5.03. The molecule has 0 saturated carbocycles. The number of methoxy groups -OCH3 is 1. The van der Waals surface area contributed by atoms with E-state index in [1.165, 1.54) is 0 Å². The first-order valence-electron chi connectivity index (χ1n) is 5.07. The van der Waals surface area contributed by atoms with Crippen molar-refractivity contribution in [1.29, 1.82) is 0 Å². The van der Waals surface area contributed by atoms with E-state index in [2.05, 4.69) is 0 Å². The van der Waals surface area contributed by atoms with Gasteiger partial charge in [0.2, 0.25) is 0 Å². The molecular weight excluding hydrogens is 190 g/mol. The molecule has 1 unspecified atom stereocenters. The number of nitrogen functional groups attached to an aromatic ring is 1. The molecule has 1 atom stereocenters. The molecule has 1 aromatic rings. The normalized spacial score (nSPS) is 12.5. The number of benzene rings is 1. The van der Waals surface area contributed by atoms with Gasteiger partial charge in [-0.25, -0.2) is 0 Å². The van der Waals surface area contributed by atoms with Gasteiger partial charge in [-0.2, -0.15) is 0 Å². The molecule has 0 aliphatic carbocycles. The van der Waals surface area contributed by atoms with Crippen LogP contribution in [0.15, 0.2) is 12.1 Å². The summed E-state index contributed by atoms with van der Waals surface area (Å²) in [5, 5.41) is 0. The van der Waals surface area contributed by atoms with E-state index in [4.69, 9.17) is 15.2 Å². The minimum Gasteiger partial charge on any atom is -0.488 e. The van der Waals surface area contributed by atoms with E-state index in [0.717, 1.165) is 22.6 Å². The first-order chi connectivity index (χ1) is 7.04. The SMILES string of the molecule is COCC(C)Oc1cc(N)c(C)cc1C. The number of hydrogen-bond acceptors (Lipinski definition) is 3. The molecule has 0 saturated heterocycles.